The van der Waals surface area contributed by atoms with Crippen LogP contribution < -0.4 is 0 Å². The first-order valence-corrected chi connectivity index (χ1v) is 10.5. The number of hydrogen-bond donors (Lipinski definition) is 0. The van der Waals surface area contributed by atoms with Gasteiger partial charge in [-0.15, -0.1) is 11.3 Å². The predicted octanol–water partition coefficient (Wildman–Crippen LogP) is 3.93. The molecule has 4 nitrogen and oxygen atoms in total. The van der Waals surface area contributed by atoms with Gasteiger partial charge in [-0.1, -0.05) is 37.3 Å². The maximum Gasteiger partial charge on any atom is 0.265 e. The van der Waals surface area contributed by atoms with Crippen LogP contribution in [-0.2, 0) is 12.0 Å². The fourth-order valence-corrected chi connectivity index (χ4v) is 5.19. The fourth-order valence-electron chi connectivity index (χ4n) is 4.26. The molecule has 0 aliphatic carbocycles. The van der Waals surface area contributed by atoms with Crippen LogP contribution in [0.5, 0.6) is 0 Å². The lowest BCUT2D eigenvalue weighted by Gasteiger charge is -2.40. The number of likely N-dealkylation sites (tertiary alicyclic amines) is 2. The van der Waals surface area contributed by atoms with Gasteiger partial charge in [0.05, 0.1) is 12.7 Å². The molecule has 2 fully saturated rings. The Balaban J connectivity index is 1.45. The lowest BCUT2D eigenvalue weighted by molar-refractivity contribution is 0.0655. The lowest BCUT2D eigenvalue weighted by atomic mass is 9.76. The Labute approximate surface area is 159 Å². The van der Waals surface area contributed by atoms with E-state index in [1.54, 1.807) is 17.5 Å². The highest BCUT2D eigenvalue weighted by Gasteiger charge is 2.35. The highest BCUT2D eigenvalue weighted by atomic mass is 32.1. The number of aromatic nitrogens is 1. The Kier molecular flexibility index (Phi) is 5.09. The number of benzene rings is 1. The molecule has 1 aromatic heterocycles. The zero-order valence-electron chi connectivity index (χ0n) is 15.5. The van der Waals surface area contributed by atoms with Gasteiger partial charge in [0.2, 0.25) is 0 Å². The molecule has 1 amide bonds. The van der Waals surface area contributed by atoms with Gasteiger partial charge in [-0.25, -0.2) is 4.98 Å². The molecule has 0 bridgehead atoms. The topological polar surface area (TPSA) is 36.4 Å². The Morgan fingerprint density at radius 2 is 1.92 bits per heavy atom. The molecule has 138 valence electrons. The van der Waals surface area contributed by atoms with Crippen molar-refractivity contribution in [1.82, 2.24) is 14.8 Å². The summed E-state index contributed by atoms with van der Waals surface area (Å²) in [6.45, 7) is 7.12. The van der Waals surface area contributed by atoms with Crippen LogP contribution in [0, 0.1) is 0 Å². The molecule has 4 rings (SSSR count). The standard InChI is InChI=1S/C21H27N3OS/c1-21(17-8-3-2-4-9-17)10-7-13-24(16-21)20(25)18-14-22-19(26-18)15-23-11-5-6-12-23/h2-4,8-9,14H,5-7,10-13,15-16H2,1H3. The molecule has 0 radical (unpaired) electrons. The second-order valence-electron chi connectivity index (χ2n) is 7.86. The van der Waals surface area contributed by atoms with Crippen LogP contribution in [0.4, 0.5) is 0 Å². The van der Waals surface area contributed by atoms with E-state index in [0.29, 0.717) is 0 Å². The molecule has 1 aromatic carbocycles. The van der Waals surface area contributed by atoms with E-state index in [4.69, 9.17) is 0 Å². The maximum atomic E-state index is 13.1. The van der Waals surface area contributed by atoms with Gasteiger partial charge in [0, 0.05) is 18.5 Å². The van der Waals surface area contributed by atoms with Gasteiger partial charge in [-0.2, -0.15) is 0 Å². The van der Waals surface area contributed by atoms with Gasteiger partial charge < -0.3 is 4.90 Å². The van der Waals surface area contributed by atoms with E-state index in [1.807, 2.05) is 4.90 Å². The number of nitrogens with zero attached hydrogens (tertiary/aromatic N) is 3. The van der Waals surface area contributed by atoms with Crippen LogP contribution in [0.15, 0.2) is 36.5 Å². The van der Waals surface area contributed by atoms with Crippen molar-refractivity contribution in [2.75, 3.05) is 26.2 Å². The summed E-state index contributed by atoms with van der Waals surface area (Å²) in [7, 11) is 0. The molecule has 0 saturated carbocycles. The van der Waals surface area contributed by atoms with Crippen molar-refractivity contribution in [1.29, 1.82) is 0 Å². The van der Waals surface area contributed by atoms with E-state index < -0.39 is 0 Å². The molecule has 3 heterocycles. The minimum absolute atomic E-state index is 0.0399. The molecule has 2 aliphatic rings. The van der Waals surface area contributed by atoms with E-state index >= 15 is 0 Å². The summed E-state index contributed by atoms with van der Waals surface area (Å²) in [5, 5.41) is 1.07. The summed E-state index contributed by atoms with van der Waals surface area (Å²) < 4.78 is 0. The van der Waals surface area contributed by atoms with Gasteiger partial charge in [0.1, 0.15) is 9.88 Å². The maximum absolute atomic E-state index is 13.1. The number of carbonyl (C=O) groups is 1. The molecule has 2 aliphatic heterocycles. The molecule has 0 spiro atoms. The molecule has 1 atom stereocenters. The number of thiazole rings is 1. The number of piperidine rings is 1. The van der Waals surface area contributed by atoms with Crippen molar-refractivity contribution in [3.05, 3.63) is 52.0 Å². The summed E-state index contributed by atoms with van der Waals surface area (Å²) in [5.41, 5.74) is 1.37. The lowest BCUT2D eigenvalue weighted by Crippen LogP contribution is -2.46. The van der Waals surface area contributed by atoms with Crippen LogP contribution in [0.2, 0.25) is 0 Å². The number of amides is 1. The van der Waals surface area contributed by atoms with Crippen LogP contribution in [0.25, 0.3) is 0 Å². The molecular formula is C21H27N3OS. The molecule has 0 N–H and O–H groups in total. The second-order valence-corrected chi connectivity index (χ2v) is 8.97. The monoisotopic (exact) mass is 369 g/mol. The van der Waals surface area contributed by atoms with E-state index in [2.05, 4.69) is 47.1 Å². The predicted molar refractivity (Wildman–Crippen MR) is 106 cm³/mol. The Hall–Kier alpha value is -1.72. The van der Waals surface area contributed by atoms with Crippen LogP contribution in [0.1, 0.15) is 52.8 Å². The third kappa shape index (κ3) is 3.69. The summed E-state index contributed by atoms with van der Waals surface area (Å²) >= 11 is 1.57. The van der Waals surface area contributed by atoms with Crippen molar-refractivity contribution in [2.24, 2.45) is 0 Å². The van der Waals surface area contributed by atoms with Crippen LogP contribution in [-0.4, -0.2) is 46.9 Å². The van der Waals surface area contributed by atoms with Gasteiger partial charge in [-0.3, -0.25) is 9.69 Å². The van der Waals surface area contributed by atoms with Gasteiger partial charge in [0.15, 0.2) is 0 Å². The van der Waals surface area contributed by atoms with Crippen LogP contribution in [0.3, 0.4) is 0 Å². The summed E-state index contributed by atoms with van der Waals surface area (Å²) in [6, 6.07) is 10.6. The largest absolute Gasteiger partial charge is 0.337 e. The summed E-state index contributed by atoms with van der Waals surface area (Å²) in [6.07, 6.45) is 6.53. The molecule has 5 heteroatoms. The molecule has 2 aromatic rings. The quantitative estimate of drug-likeness (QED) is 0.819. The Morgan fingerprint density at radius 3 is 2.69 bits per heavy atom. The molecule has 26 heavy (non-hydrogen) atoms. The average Bonchev–Trinajstić information content (AvgIpc) is 3.34. The minimum atomic E-state index is 0.0399. The Morgan fingerprint density at radius 1 is 1.15 bits per heavy atom. The van der Waals surface area contributed by atoms with E-state index in [-0.39, 0.29) is 11.3 Å². The van der Waals surface area contributed by atoms with Crippen molar-refractivity contribution in [2.45, 2.75) is 44.6 Å². The second kappa shape index (κ2) is 7.49. The van der Waals surface area contributed by atoms with Crippen molar-refractivity contribution >= 4 is 17.2 Å². The van der Waals surface area contributed by atoms with E-state index in [9.17, 15) is 4.79 Å². The third-order valence-corrected chi connectivity index (χ3v) is 6.75. The van der Waals surface area contributed by atoms with Crippen LogP contribution >= 0.6 is 11.3 Å². The highest BCUT2D eigenvalue weighted by Crippen LogP contribution is 2.34. The van der Waals surface area contributed by atoms with E-state index in [0.717, 1.165) is 55.5 Å². The minimum Gasteiger partial charge on any atom is -0.337 e. The fraction of sp³-hybridized carbons (Fsp3) is 0.524. The third-order valence-electron chi connectivity index (χ3n) is 5.78. The van der Waals surface area contributed by atoms with Gasteiger partial charge in [-0.05, 0) is 44.3 Å². The van der Waals surface area contributed by atoms with Crippen molar-refractivity contribution < 1.29 is 4.79 Å². The number of hydrogen-bond acceptors (Lipinski definition) is 4. The zero-order chi connectivity index (χ0) is 18.0. The first-order valence-electron chi connectivity index (χ1n) is 9.66. The number of carbonyl (C=O) groups excluding carboxylic acids is 1. The smallest absolute Gasteiger partial charge is 0.265 e. The van der Waals surface area contributed by atoms with Crippen molar-refractivity contribution in [3.8, 4) is 0 Å². The van der Waals surface area contributed by atoms with Crippen molar-refractivity contribution in [3.63, 3.8) is 0 Å². The molecular weight excluding hydrogens is 342 g/mol. The summed E-state index contributed by atoms with van der Waals surface area (Å²) in [5.74, 6) is 0.150. The first kappa shape index (κ1) is 17.7. The number of rotatable bonds is 4. The Bertz CT molecular complexity index is 754. The first-order chi connectivity index (χ1) is 12.6. The summed E-state index contributed by atoms with van der Waals surface area (Å²) in [4.78, 5) is 22.8. The van der Waals surface area contributed by atoms with E-state index in [1.165, 1.54) is 18.4 Å². The normalized spacial score (nSPS) is 24.1. The highest BCUT2D eigenvalue weighted by molar-refractivity contribution is 7.13. The molecule has 2 saturated heterocycles. The van der Waals surface area contributed by atoms with Gasteiger partial charge in [0.25, 0.3) is 5.91 Å². The average molecular weight is 370 g/mol. The SMILES string of the molecule is CC1(c2ccccc2)CCCN(C(=O)c2cnc(CN3CCCC3)s2)C1. The molecule has 1 unspecified atom stereocenters. The zero-order valence-corrected chi connectivity index (χ0v) is 16.3. The van der Waals surface area contributed by atoms with Gasteiger partial charge >= 0.3 is 0 Å².